The summed E-state index contributed by atoms with van der Waals surface area (Å²) in [6.07, 6.45) is 4.33. The van der Waals surface area contributed by atoms with Crippen molar-refractivity contribution in [3.63, 3.8) is 0 Å². The van der Waals surface area contributed by atoms with Crippen LogP contribution in [-0.2, 0) is 13.0 Å². The second-order valence-corrected chi connectivity index (χ2v) is 8.98. The van der Waals surface area contributed by atoms with E-state index in [-0.39, 0.29) is 6.10 Å². The molecule has 0 unspecified atom stereocenters. The minimum Gasteiger partial charge on any atom is -0.497 e. The molecule has 1 N–H and O–H groups in total. The van der Waals surface area contributed by atoms with Gasteiger partial charge in [-0.15, -0.1) is 0 Å². The molecule has 2 aromatic carbocycles. The van der Waals surface area contributed by atoms with Crippen molar-refractivity contribution in [3.05, 3.63) is 59.8 Å². The molecule has 1 heterocycles. The number of rotatable bonds is 15. The largest absolute Gasteiger partial charge is 0.497 e. The van der Waals surface area contributed by atoms with Gasteiger partial charge in [-0.05, 0) is 62.2 Å². The molecule has 0 saturated carbocycles. The Bertz CT molecular complexity index is 1060. The Hall–Kier alpha value is -3.03. The van der Waals surface area contributed by atoms with E-state index in [0.29, 0.717) is 30.5 Å². The summed E-state index contributed by atoms with van der Waals surface area (Å²) in [5, 5.41) is 15.6. The van der Waals surface area contributed by atoms with E-state index in [1.807, 2.05) is 53.2 Å². The molecule has 196 valence electrons. The number of aryl methyl sites for hydroxylation is 1. The third-order valence-electron chi connectivity index (χ3n) is 6.23. The van der Waals surface area contributed by atoms with Crippen LogP contribution in [0.2, 0.25) is 0 Å². The van der Waals surface area contributed by atoms with Gasteiger partial charge >= 0.3 is 0 Å². The average molecular weight is 496 g/mol. The molecule has 7 nitrogen and oxygen atoms in total. The highest BCUT2D eigenvalue weighted by atomic mass is 16.5. The highest BCUT2D eigenvalue weighted by Gasteiger charge is 2.24. The Morgan fingerprint density at radius 2 is 1.67 bits per heavy atom. The van der Waals surface area contributed by atoms with Gasteiger partial charge in [0.05, 0.1) is 37.3 Å². The van der Waals surface area contributed by atoms with Crippen molar-refractivity contribution in [2.75, 3.05) is 27.3 Å². The van der Waals surface area contributed by atoms with Crippen molar-refractivity contribution in [2.45, 2.75) is 65.5 Å². The summed E-state index contributed by atoms with van der Waals surface area (Å²) < 4.78 is 19.3. The van der Waals surface area contributed by atoms with Gasteiger partial charge in [0.15, 0.2) is 11.5 Å². The molecule has 0 bridgehead atoms. The van der Waals surface area contributed by atoms with E-state index >= 15 is 0 Å². The van der Waals surface area contributed by atoms with Crippen LogP contribution < -0.4 is 14.2 Å². The predicted octanol–water partition coefficient (Wildman–Crippen LogP) is 6.01. The van der Waals surface area contributed by atoms with E-state index in [1.165, 1.54) is 0 Å². The number of methoxy groups -OCH3 is 2. The number of ether oxygens (including phenoxy) is 3. The van der Waals surface area contributed by atoms with E-state index in [2.05, 4.69) is 25.7 Å². The highest BCUT2D eigenvalue weighted by molar-refractivity contribution is 5.48. The van der Waals surface area contributed by atoms with E-state index in [0.717, 1.165) is 61.3 Å². The lowest BCUT2D eigenvalue weighted by atomic mass is 10.1. The van der Waals surface area contributed by atoms with Gasteiger partial charge in [0, 0.05) is 13.1 Å². The SMILES string of the molecule is CCCC[C@@H](O)CN(CCC)Cc1c(CC)nn(-c2ccc(OC)cc2)c1Oc1ccccc1OC. The maximum atomic E-state index is 10.7. The number of unbranched alkanes of at least 4 members (excludes halogenated alkanes) is 1. The number of aliphatic hydroxyl groups excluding tert-OH is 1. The van der Waals surface area contributed by atoms with E-state index in [4.69, 9.17) is 19.3 Å². The minimum absolute atomic E-state index is 0.350. The van der Waals surface area contributed by atoms with Gasteiger partial charge in [0.25, 0.3) is 0 Å². The number of aromatic nitrogens is 2. The molecule has 1 aromatic heterocycles. The summed E-state index contributed by atoms with van der Waals surface area (Å²) in [7, 11) is 3.30. The molecule has 1 atom stereocenters. The second kappa shape index (κ2) is 13.9. The molecule has 7 heteroatoms. The maximum absolute atomic E-state index is 10.7. The van der Waals surface area contributed by atoms with Crippen LogP contribution in [0.25, 0.3) is 5.69 Å². The summed E-state index contributed by atoms with van der Waals surface area (Å²) in [5.41, 5.74) is 2.88. The summed E-state index contributed by atoms with van der Waals surface area (Å²) in [6, 6.07) is 15.4. The highest BCUT2D eigenvalue weighted by Crippen LogP contribution is 2.36. The number of hydrogen-bond acceptors (Lipinski definition) is 6. The fourth-order valence-corrected chi connectivity index (χ4v) is 4.34. The zero-order chi connectivity index (χ0) is 25.9. The quantitative estimate of drug-likeness (QED) is 0.279. The first-order valence-corrected chi connectivity index (χ1v) is 13.0. The molecule has 36 heavy (non-hydrogen) atoms. The molecule has 0 spiro atoms. The molecule has 0 aliphatic heterocycles. The summed E-state index contributed by atoms with van der Waals surface area (Å²) >= 11 is 0. The van der Waals surface area contributed by atoms with Gasteiger partial charge < -0.3 is 19.3 Å². The summed E-state index contributed by atoms with van der Waals surface area (Å²) in [4.78, 5) is 2.31. The second-order valence-electron chi connectivity index (χ2n) is 8.98. The van der Waals surface area contributed by atoms with Crippen LogP contribution in [0, 0.1) is 0 Å². The van der Waals surface area contributed by atoms with Crippen molar-refractivity contribution < 1.29 is 19.3 Å². The third-order valence-corrected chi connectivity index (χ3v) is 6.23. The van der Waals surface area contributed by atoms with Crippen LogP contribution in [-0.4, -0.2) is 53.2 Å². The van der Waals surface area contributed by atoms with Crippen LogP contribution in [0.5, 0.6) is 23.1 Å². The van der Waals surface area contributed by atoms with Crippen molar-refractivity contribution in [2.24, 2.45) is 0 Å². The van der Waals surface area contributed by atoms with Gasteiger partial charge in [-0.1, -0.05) is 45.7 Å². The molecule has 3 aromatic rings. The number of nitrogens with zero attached hydrogens (tertiary/aromatic N) is 3. The zero-order valence-corrected chi connectivity index (χ0v) is 22.4. The lowest BCUT2D eigenvalue weighted by Crippen LogP contribution is -2.33. The van der Waals surface area contributed by atoms with Crippen LogP contribution in [0.4, 0.5) is 0 Å². The van der Waals surface area contributed by atoms with Gasteiger partial charge in [-0.3, -0.25) is 4.90 Å². The smallest absolute Gasteiger partial charge is 0.227 e. The molecule has 0 aliphatic carbocycles. The lowest BCUT2D eigenvalue weighted by molar-refractivity contribution is 0.0990. The number of benzene rings is 2. The maximum Gasteiger partial charge on any atom is 0.227 e. The standard InChI is InChI=1S/C29H41N3O4/c1-6-9-12-23(33)20-31(19-7-2)21-25-26(8-3)30-32(22-15-17-24(34-4)18-16-22)29(25)36-28-14-11-10-13-27(28)35-5/h10-11,13-18,23,33H,6-9,12,19-21H2,1-5H3/t23-/m1/s1. The van der Waals surface area contributed by atoms with E-state index in [1.54, 1.807) is 14.2 Å². The van der Waals surface area contributed by atoms with Gasteiger partial charge in [-0.25, -0.2) is 4.68 Å². The van der Waals surface area contributed by atoms with Crippen LogP contribution in [0.3, 0.4) is 0 Å². The fraction of sp³-hybridized carbons (Fsp3) is 0.483. The van der Waals surface area contributed by atoms with E-state index in [9.17, 15) is 5.11 Å². The van der Waals surface area contributed by atoms with Gasteiger partial charge in [0.1, 0.15) is 5.75 Å². The van der Waals surface area contributed by atoms with Crippen molar-refractivity contribution in [1.82, 2.24) is 14.7 Å². The number of para-hydroxylation sites is 2. The molecule has 0 radical (unpaired) electrons. The Morgan fingerprint density at radius 1 is 0.944 bits per heavy atom. The third kappa shape index (κ3) is 7.02. The van der Waals surface area contributed by atoms with Crippen LogP contribution >= 0.6 is 0 Å². The van der Waals surface area contributed by atoms with Crippen molar-refractivity contribution in [3.8, 4) is 28.8 Å². The Balaban J connectivity index is 2.05. The van der Waals surface area contributed by atoms with Gasteiger partial charge in [0.2, 0.25) is 5.88 Å². The topological polar surface area (TPSA) is 69.0 Å². The first-order chi connectivity index (χ1) is 17.5. The molecular formula is C29H41N3O4. The number of hydrogen-bond donors (Lipinski definition) is 1. The minimum atomic E-state index is -0.350. The summed E-state index contributed by atoms with van der Waals surface area (Å²) in [5.74, 6) is 2.72. The normalized spacial score (nSPS) is 12.1. The Kier molecular flexibility index (Phi) is 10.6. The zero-order valence-electron chi connectivity index (χ0n) is 22.4. The molecule has 0 aliphatic rings. The van der Waals surface area contributed by atoms with E-state index < -0.39 is 0 Å². The first kappa shape index (κ1) is 27.6. The molecule has 3 rings (SSSR count). The van der Waals surface area contributed by atoms with Crippen molar-refractivity contribution >= 4 is 0 Å². The van der Waals surface area contributed by atoms with Crippen LogP contribution in [0.15, 0.2) is 48.5 Å². The Labute approximate surface area is 215 Å². The molecule has 0 amide bonds. The fourth-order valence-electron chi connectivity index (χ4n) is 4.34. The monoisotopic (exact) mass is 495 g/mol. The summed E-state index contributed by atoms with van der Waals surface area (Å²) in [6.45, 7) is 8.57. The van der Waals surface area contributed by atoms with Crippen molar-refractivity contribution in [1.29, 1.82) is 0 Å². The predicted molar refractivity (Wildman–Crippen MR) is 144 cm³/mol. The van der Waals surface area contributed by atoms with Gasteiger partial charge in [-0.2, -0.15) is 5.10 Å². The average Bonchev–Trinajstić information content (AvgIpc) is 3.24. The first-order valence-electron chi connectivity index (χ1n) is 13.0. The molecular weight excluding hydrogens is 454 g/mol. The van der Waals surface area contributed by atoms with Crippen LogP contribution in [0.1, 0.15) is 57.7 Å². The number of aliphatic hydroxyl groups is 1. The lowest BCUT2D eigenvalue weighted by Gasteiger charge is -2.25. The Morgan fingerprint density at radius 3 is 2.28 bits per heavy atom. The molecule has 0 saturated heterocycles. The molecule has 0 fully saturated rings.